The number of hydrogen-bond donors (Lipinski definition) is 0. The molecular weight excluding hydrogens is 843 g/mol. The fourth-order valence-corrected chi connectivity index (χ4v) is 11.0. The number of para-hydroxylation sites is 3. The minimum Gasteiger partial charge on any atom is -0.455 e. The Balaban J connectivity index is 1.08. The molecule has 6 heteroatoms. The zero-order valence-electron chi connectivity index (χ0n) is 37.0. The van der Waals surface area contributed by atoms with Crippen molar-refractivity contribution >= 4 is 97.9 Å². The van der Waals surface area contributed by atoms with Crippen molar-refractivity contribution in [3.05, 3.63) is 224 Å². The van der Waals surface area contributed by atoms with Gasteiger partial charge in [0.1, 0.15) is 11.2 Å². The van der Waals surface area contributed by atoms with Crippen molar-refractivity contribution in [1.82, 2.24) is 24.1 Å². The molecule has 0 aliphatic rings. The number of rotatable bonds is 5. The second-order valence-corrected chi connectivity index (χ2v) is 17.9. The van der Waals surface area contributed by atoms with Crippen LogP contribution in [0.3, 0.4) is 0 Å². The highest BCUT2D eigenvalue weighted by atomic mass is 16.3. The molecule has 15 rings (SSSR count). The maximum atomic E-state index is 7.17. The second kappa shape index (κ2) is 14.6. The van der Waals surface area contributed by atoms with Gasteiger partial charge < -0.3 is 13.6 Å². The SMILES string of the molecule is c1ccc(-n2c3ccccc3c3cc(-c4nc(-c5cccc6ccccc56)nc(-c5c(-n6c7ccccc7c7cc8ccccc8cc76)ccc6c5oc5ccc7ccccc7c56)n4)ccc32)cc1. The van der Waals surface area contributed by atoms with Gasteiger partial charge in [-0.1, -0.05) is 152 Å². The fraction of sp³-hybridized carbons (Fsp3) is 0. The number of aromatic nitrogens is 5. The molecule has 0 aliphatic heterocycles. The van der Waals surface area contributed by atoms with Gasteiger partial charge in [-0.2, -0.15) is 0 Å². The van der Waals surface area contributed by atoms with E-state index in [1.807, 2.05) is 0 Å². The number of furan rings is 1. The molecule has 0 radical (unpaired) electrons. The summed E-state index contributed by atoms with van der Waals surface area (Å²) in [6, 6.07) is 79.7. The van der Waals surface area contributed by atoms with E-state index in [2.05, 4.69) is 234 Å². The zero-order chi connectivity index (χ0) is 45.2. The highest BCUT2D eigenvalue weighted by Gasteiger charge is 2.26. The molecule has 0 saturated carbocycles. The first-order chi connectivity index (χ1) is 34.2. The number of hydrogen-bond acceptors (Lipinski definition) is 4. The van der Waals surface area contributed by atoms with E-state index in [-0.39, 0.29) is 0 Å². The molecule has 11 aromatic carbocycles. The lowest BCUT2D eigenvalue weighted by atomic mass is 10.0. The molecular formula is C63H37N5O. The first kappa shape index (κ1) is 37.8. The molecule has 0 amide bonds. The maximum absolute atomic E-state index is 7.17. The molecule has 4 heterocycles. The average molecular weight is 880 g/mol. The van der Waals surface area contributed by atoms with E-state index in [4.69, 9.17) is 19.4 Å². The van der Waals surface area contributed by atoms with Gasteiger partial charge in [0.15, 0.2) is 17.5 Å². The number of nitrogens with zero attached hydrogens (tertiary/aromatic N) is 5. The van der Waals surface area contributed by atoms with E-state index in [0.717, 1.165) is 110 Å². The van der Waals surface area contributed by atoms with Crippen molar-refractivity contribution in [2.75, 3.05) is 0 Å². The molecule has 0 saturated heterocycles. The zero-order valence-corrected chi connectivity index (χ0v) is 37.0. The fourth-order valence-electron chi connectivity index (χ4n) is 11.0. The van der Waals surface area contributed by atoms with E-state index in [1.54, 1.807) is 0 Å². The van der Waals surface area contributed by atoms with Crippen LogP contribution in [0.15, 0.2) is 229 Å². The molecule has 4 aromatic heterocycles. The third-order valence-electron chi connectivity index (χ3n) is 14.1. The molecule has 0 spiro atoms. The van der Waals surface area contributed by atoms with Crippen LogP contribution in [-0.2, 0) is 0 Å². The highest BCUT2D eigenvalue weighted by Crippen LogP contribution is 2.45. The lowest BCUT2D eigenvalue weighted by Crippen LogP contribution is -2.04. The van der Waals surface area contributed by atoms with E-state index < -0.39 is 0 Å². The van der Waals surface area contributed by atoms with E-state index in [0.29, 0.717) is 23.1 Å². The molecule has 0 N–H and O–H groups in total. The standard InChI is InChI=1S/C63H37N5O/c1-2-20-43(21-3-1)67-52-27-12-10-24-46(52)50-36-42(29-32-54(50)67)61-64-62(48-26-14-19-38-15-6-8-22-44(38)48)66-63(65-61)59-55(33-31-49-58-45-23-9-7-16-39(45)30-34-57(58)69-60(49)59)68-53-28-13-11-25-47(53)51-35-40-17-4-5-18-41(40)37-56(51)68/h1-37H. The Morgan fingerprint density at radius 3 is 1.72 bits per heavy atom. The van der Waals surface area contributed by atoms with Crippen LogP contribution < -0.4 is 0 Å². The van der Waals surface area contributed by atoms with Crippen LogP contribution in [0.1, 0.15) is 0 Å². The Morgan fingerprint density at radius 2 is 0.928 bits per heavy atom. The Kier molecular flexibility index (Phi) is 7.97. The first-order valence-electron chi connectivity index (χ1n) is 23.3. The minimum absolute atomic E-state index is 0.519. The van der Waals surface area contributed by atoms with Crippen LogP contribution in [0.4, 0.5) is 0 Å². The van der Waals surface area contributed by atoms with E-state index in [9.17, 15) is 0 Å². The van der Waals surface area contributed by atoms with Crippen LogP contribution >= 0.6 is 0 Å². The summed E-state index contributed by atoms with van der Waals surface area (Å²) in [6.07, 6.45) is 0. The second-order valence-electron chi connectivity index (χ2n) is 17.9. The summed E-state index contributed by atoms with van der Waals surface area (Å²) >= 11 is 0. The number of benzene rings is 11. The third kappa shape index (κ3) is 5.63. The van der Waals surface area contributed by atoms with Gasteiger partial charge in [0.05, 0.1) is 33.3 Å². The summed E-state index contributed by atoms with van der Waals surface area (Å²) in [6.45, 7) is 0. The molecule has 15 aromatic rings. The molecule has 6 nitrogen and oxygen atoms in total. The van der Waals surface area contributed by atoms with Crippen LogP contribution in [0.2, 0.25) is 0 Å². The van der Waals surface area contributed by atoms with Gasteiger partial charge in [0, 0.05) is 49.1 Å². The van der Waals surface area contributed by atoms with Crippen LogP contribution in [-0.4, -0.2) is 24.1 Å². The van der Waals surface area contributed by atoms with Gasteiger partial charge in [-0.15, -0.1) is 0 Å². The van der Waals surface area contributed by atoms with Gasteiger partial charge in [0.25, 0.3) is 0 Å². The van der Waals surface area contributed by atoms with Crippen molar-refractivity contribution in [1.29, 1.82) is 0 Å². The smallest absolute Gasteiger partial charge is 0.170 e. The largest absolute Gasteiger partial charge is 0.455 e. The quantitative estimate of drug-likeness (QED) is 0.173. The summed E-state index contributed by atoms with van der Waals surface area (Å²) in [4.78, 5) is 16.6. The van der Waals surface area contributed by atoms with Crippen molar-refractivity contribution in [2.45, 2.75) is 0 Å². The predicted octanol–water partition coefficient (Wildman–Crippen LogP) is 16.4. The molecule has 0 aliphatic carbocycles. The van der Waals surface area contributed by atoms with Crippen molar-refractivity contribution < 1.29 is 4.42 Å². The molecule has 0 bridgehead atoms. The molecule has 0 fully saturated rings. The Bertz CT molecular complexity index is 4610. The van der Waals surface area contributed by atoms with E-state index >= 15 is 0 Å². The van der Waals surface area contributed by atoms with Gasteiger partial charge in [-0.25, -0.2) is 15.0 Å². The van der Waals surface area contributed by atoms with Gasteiger partial charge in [0.2, 0.25) is 0 Å². The lowest BCUT2D eigenvalue weighted by Gasteiger charge is -2.16. The Hall–Kier alpha value is -9.39. The average Bonchev–Trinajstić information content (AvgIpc) is 4.07. The van der Waals surface area contributed by atoms with Crippen LogP contribution in [0.5, 0.6) is 0 Å². The molecule has 0 atom stereocenters. The Morgan fingerprint density at radius 1 is 0.333 bits per heavy atom. The summed E-state index contributed by atoms with van der Waals surface area (Å²) in [7, 11) is 0. The topological polar surface area (TPSA) is 61.7 Å². The lowest BCUT2D eigenvalue weighted by molar-refractivity contribution is 0.669. The van der Waals surface area contributed by atoms with E-state index in [1.165, 1.54) is 10.8 Å². The summed E-state index contributed by atoms with van der Waals surface area (Å²) in [5, 5.41) is 13.5. The minimum atomic E-state index is 0.519. The number of fused-ring (bicyclic) bond motifs is 13. The van der Waals surface area contributed by atoms with Gasteiger partial charge in [-0.3, -0.25) is 0 Å². The maximum Gasteiger partial charge on any atom is 0.170 e. The first-order valence-corrected chi connectivity index (χ1v) is 23.3. The summed E-state index contributed by atoms with van der Waals surface area (Å²) in [5.74, 6) is 1.67. The molecule has 0 unspecified atom stereocenters. The normalized spacial score (nSPS) is 12.1. The van der Waals surface area contributed by atoms with Crippen molar-refractivity contribution in [2.24, 2.45) is 0 Å². The van der Waals surface area contributed by atoms with Gasteiger partial charge >= 0.3 is 0 Å². The van der Waals surface area contributed by atoms with Crippen molar-refractivity contribution in [3.8, 4) is 45.5 Å². The third-order valence-corrected chi connectivity index (χ3v) is 14.1. The van der Waals surface area contributed by atoms with Gasteiger partial charge in [-0.05, 0) is 105 Å². The van der Waals surface area contributed by atoms with Crippen LogP contribution in [0, 0.1) is 0 Å². The predicted molar refractivity (Wildman–Crippen MR) is 285 cm³/mol. The van der Waals surface area contributed by atoms with Crippen LogP contribution in [0.25, 0.3) is 143 Å². The Labute approximate surface area is 394 Å². The summed E-state index contributed by atoms with van der Waals surface area (Å²) in [5.41, 5.74) is 10.5. The monoisotopic (exact) mass is 879 g/mol. The molecule has 69 heavy (non-hydrogen) atoms. The highest BCUT2D eigenvalue weighted by molar-refractivity contribution is 6.22. The summed E-state index contributed by atoms with van der Waals surface area (Å²) < 4.78 is 11.9. The van der Waals surface area contributed by atoms with Crippen molar-refractivity contribution in [3.63, 3.8) is 0 Å². The molecule has 320 valence electrons.